The van der Waals surface area contributed by atoms with Crippen LogP contribution in [0.1, 0.15) is 5.69 Å². The van der Waals surface area contributed by atoms with E-state index in [4.69, 9.17) is 4.74 Å². The number of rotatable bonds is 7. The summed E-state index contributed by atoms with van der Waals surface area (Å²) in [6.07, 6.45) is 5.33. The van der Waals surface area contributed by atoms with Crippen LogP contribution in [0.25, 0.3) is 22.0 Å². The van der Waals surface area contributed by atoms with E-state index in [-0.39, 0.29) is 5.82 Å². The van der Waals surface area contributed by atoms with Crippen molar-refractivity contribution in [3.63, 3.8) is 0 Å². The van der Waals surface area contributed by atoms with Crippen molar-refractivity contribution in [1.29, 1.82) is 0 Å². The molecule has 0 bridgehead atoms. The molecule has 0 amide bonds. The molecule has 0 spiro atoms. The number of imidazole rings is 1. The fourth-order valence-corrected chi connectivity index (χ4v) is 3.46. The van der Waals surface area contributed by atoms with Crippen LogP contribution in [0.4, 0.5) is 4.39 Å². The molecule has 0 aliphatic heterocycles. The molecule has 150 valence electrons. The second kappa shape index (κ2) is 8.05. The minimum atomic E-state index is -0.317. The standard InChI is InChI=1S/C22H24FN5O/c1-26(2)14-20-19-12-16(4-7-21(19)27(3)25-20)18-6-5-17(23)13-22(18)29-11-10-28-9-8-24-15-28/h4-9,12-13,15H,10-11,14H2,1-3H3. The van der Waals surface area contributed by atoms with E-state index in [0.717, 1.165) is 34.3 Å². The zero-order valence-electron chi connectivity index (χ0n) is 16.8. The molecule has 4 rings (SSSR count). The topological polar surface area (TPSA) is 48.1 Å². The number of aryl methyl sites for hydroxylation is 1. The quantitative estimate of drug-likeness (QED) is 0.480. The van der Waals surface area contributed by atoms with E-state index in [1.54, 1.807) is 18.6 Å². The van der Waals surface area contributed by atoms with Crippen molar-refractivity contribution >= 4 is 10.9 Å². The van der Waals surface area contributed by atoms with Gasteiger partial charge >= 0.3 is 0 Å². The van der Waals surface area contributed by atoms with Crippen LogP contribution >= 0.6 is 0 Å². The number of benzene rings is 2. The highest BCUT2D eigenvalue weighted by Crippen LogP contribution is 2.33. The Labute approximate surface area is 169 Å². The average Bonchev–Trinajstić information content (AvgIpc) is 3.30. The Morgan fingerprint density at radius 1 is 1.14 bits per heavy atom. The molecular weight excluding hydrogens is 369 g/mol. The monoisotopic (exact) mass is 393 g/mol. The maximum Gasteiger partial charge on any atom is 0.130 e. The molecule has 0 radical (unpaired) electrons. The van der Waals surface area contributed by atoms with E-state index >= 15 is 0 Å². The van der Waals surface area contributed by atoms with E-state index in [1.165, 1.54) is 12.1 Å². The van der Waals surface area contributed by atoms with E-state index in [1.807, 2.05) is 42.7 Å². The summed E-state index contributed by atoms with van der Waals surface area (Å²) < 4.78 is 23.7. The van der Waals surface area contributed by atoms with Gasteiger partial charge in [-0.05, 0) is 43.9 Å². The van der Waals surface area contributed by atoms with Gasteiger partial charge in [-0.15, -0.1) is 0 Å². The first-order valence-corrected chi connectivity index (χ1v) is 9.50. The summed E-state index contributed by atoms with van der Waals surface area (Å²) in [6, 6.07) is 10.9. The van der Waals surface area contributed by atoms with Crippen molar-refractivity contribution in [2.24, 2.45) is 7.05 Å². The molecular formula is C22H24FN5O. The van der Waals surface area contributed by atoms with Crippen LogP contribution < -0.4 is 4.74 Å². The number of nitrogens with zero attached hydrogens (tertiary/aromatic N) is 5. The van der Waals surface area contributed by atoms with Gasteiger partial charge in [0.15, 0.2) is 0 Å². The second-order valence-corrected chi connectivity index (χ2v) is 7.33. The highest BCUT2D eigenvalue weighted by atomic mass is 19.1. The third-order valence-corrected chi connectivity index (χ3v) is 4.81. The SMILES string of the molecule is CN(C)Cc1nn(C)c2ccc(-c3ccc(F)cc3OCCn3ccnc3)cc12. The summed E-state index contributed by atoms with van der Waals surface area (Å²) in [4.78, 5) is 6.12. The fourth-order valence-electron chi connectivity index (χ4n) is 3.46. The number of hydrogen-bond donors (Lipinski definition) is 0. The van der Waals surface area contributed by atoms with E-state index < -0.39 is 0 Å². The molecule has 29 heavy (non-hydrogen) atoms. The highest BCUT2D eigenvalue weighted by molar-refractivity contribution is 5.88. The van der Waals surface area contributed by atoms with Crippen LogP contribution in [0.3, 0.4) is 0 Å². The Kier molecular flexibility index (Phi) is 5.31. The lowest BCUT2D eigenvalue weighted by Crippen LogP contribution is -2.11. The van der Waals surface area contributed by atoms with Gasteiger partial charge in [-0.25, -0.2) is 9.37 Å². The zero-order valence-corrected chi connectivity index (χ0v) is 16.8. The lowest BCUT2D eigenvalue weighted by atomic mass is 10.0. The van der Waals surface area contributed by atoms with Gasteiger partial charge in [-0.3, -0.25) is 4.68 Å². The summed E-state index contributed by atoms with van der Waals surface area (Å²) >= 11 is 0. The number of ether oxygens (including phenoxy) is 1. The third-order valence-electron chi connectivity index (χ3n) is 4.81. The normalized spacial score (nSPS) is 11.5. The van der Waals surface area contributed by atoms with Crippen molar-refractivity contribution < 1.29 is 9.13 Å². The Morgan fingerprint density at radius 2 is 2.00 bits per heavy atom. The average molecular weight is 393 g/mol. The first-order chi connectivity index (χ1) is 14.0. The molecule has 2 aromatic carbocycles. The maximum absolute atomic E-state index is 13.9. The summed E-state index contributed by atoms with van der Waals surface area (Å²) in [5, 5.41) is 5.74. The van der Waals surface area contributed by atoms with Crippen LogP contribution in [-0.2, 0) is 20.1 Å². The Balaban J connectivity index is 1.67. The molecule has 2 aromatic heterocycles. The maximum atomic E-state index is 13.9. The summed E-state index contributed by atoms with van der Waals surface area (Å²) in [5.74, 6) is 0.213. The van der Waals surface area contributed by atoms with Crippen LogP contribution in [-0.4, -0.2) is 44.9 Å². The minimum absolute atomic E-state index is 0.317. The molecule has 0 atom stereocenters. The van der Waals surface area contributed by atoms with Crippen molar-refractivity contribution in [1.82, 2.24) is 24.2 Å². The van der Waals surface area contributed by atoms with E-state index in [9.17, 15) is 4.39 Å². The van der Waals surface area contributed by atoms with Gasteiger partial charge in [0.1, 0.15) is 18.2 Å². The second-order valence-electron chi connectivity index (χ2n) is 7.33. The van der Waals surface area contributed by atoms with Crippen LogP contribution in [0.2, 0.25) is 0 Å². The third kappa shape index (κ3) is 4.14. The van der Waals surface area contributed by atoms with E-state index in [0.29, 0.717) is 18.9 Å². The molecule has 0 saturated heterocycles. The molecule has 0 saturated carbocycles. The number of halogens is 1. The van der Waals surface area contributed by atoms with Gasteiger partial charge in [-0.1, -0.05) is 6.07 Å². The Bertz CT molecular complexity index is 1120. The predicted molar refractivity (Wildman–Crippen MR) is 111 cm³/mol. The lowest BCUT2D eigenvalue weighted by molar-refractivity contribution is 0.298. The Morgan fingerprint density at radius 3 is 2.76 bits per heavy atom. The van der Waals surface area contributed by atoms with Crippen LogP contribution in [0, 0.1) is 5.82 Å². The van der Waals surface area contributed by atoms with Crippen LogP contribution in [0.5, 0.6) is 5.75 Å². The predicted octanol–water partition coefficient (Wildman–Crippen LogP) is 3.72. The summed E-state index contributed by atoms with van der Waals surface area (Å²) in [7, 11) is 6.00. The molecule has 2 heterocycles. The molecule has 7 heteroatoms. The summed E-state index contributed by atoms with van der Waals surface area (Å²) in [6.45, 7) is 1.82. The molecule has 0 aliphatic rings. The van der Waals surface area contributed by atoms with Gasteiger partial charge in [0.25, 0.3) is 0 Å². The number of fused-ring (bicyclic) bond motifs is 1. The van der Waals surface area contributed by atoms with Gasteiger partial charge in [0, 0.05) is 43.0 Å². The fraction of sp³-hybridized carbons (Fsp3) is 0.273. The minimum Gasteiger partial charge on any atom is -0.491 e. The largest absolute Gasteiger partial charge is 0.491 e. The number of hydrogen-bond acceptors (Lipinski definition) is 4. The van der Waals surface area contributed by atoms with Crippen LogP contribution in [0.15, 0.2) is 55.1 Å². The molecule has 6 nitrogen and oxygen atoms in total. The molecule has 0 aliphatic carbocycles. The lowest BCUT2D eigenvalue weighted by Gasteiger charge is -2.13. The first-order valence-electron chi connectivity index (χ1n) is 9.50. The zero-order chi connectivity index (χ0) is 20.4. The molecule has 0 fully saturated rings. The van der Waals surface area contributed by atoms with Gasteiger partial charge in [-0.2, -0.15) is 5.10 Å². The first kappa shape index (κ1) is 19.1. The molecule has 0 N–H and O–H groups in total. The van der Waals surface area contributed by atoms with Crippen molar-refractivity contribution in [2.45, 2.75) is 13.1 Å². The summed E-state index contributed by atoms with van der Waals surface area (Å²) in [5.41, 5.74) is 3.91. The van der Waals surface area contributed by atoms with Crippen molar-refractivity contribution in [3.8, 4) is 16.9 Å². The Hall–Kier alpha value is -3.19. The molecule has 4 aromatic rings. The smallest absolute Gasteiger partial charge is 0.130 e. The number of aromatic nitrogens is 4. The highest BCUT2D eigenvalue weighted by Gasteiger charge is 2.14. The van der Waals surface area contributed by atoms with E-state index in [2.05, 4.69) is 27.1 Å². The van der Waals surface area contributed by atoms with Crippen molar-refractivity contribution in [3.05, 3.63) is 66.6 Å². The van der Waals surface area contributed by atoms with Crippen molar-refractivity contribution in [2.75, 3.05) is 20.7 Å². The molecule has 0 unspecified atom stereocenters. The van der Waals surface area contributed by atoms with Gasteiger partial charge in [0.05, 0.1) is 24.1 Å². The van der Waals surface area contributed by atoms with Gasteiger partial charge in [0.2, 0.25) is 0 Å². The van der Waals surface area contributed by atoms with Gasteiger partial charge < -0.3 is 14.2 Å².